The number of sulfone groups is 1. The van der Waals surface area contributed by atoms with Gasteiger partial charge in [-0.1, -0.05) is 36.8 Å². The van der Waals surface area contributed by atoms with E-state index in [-0.39, 0.29) is 29.0 Å². The van der Waals surface area contributed by atoms with Crippen LogP contribution in [0.25, 0.3) is 0 Å². The molecular weight excluding hydrogens is 546 g/mol. The first-order valence-electron chi connectivity index (χ1n) is 15.7. The monoisotopic (exact) mass is 589 g/mol. The van der Waals surface area contributed by atoms with Crippen LogP contribution in [0.5, 0.6) is 0 Å². The van der Waals surface area contributed by atoms with Gasteiger partial charge in [0.1, 0.15) is 0 Å². The Hall–Kier alpha value is -2.89. The van der Waals surface area contributed by atoms with Crippen molar-refractivity contribution in [2.45, 2.75) is 67.4 Å². The standard InChI is InChI=1S/C34H43N3O4S/c1-25(38)41-23-27-6-5-9-33(27)34(24-35,28-7-3-2-4-8-28)29-16-18-36(19-17-29)20-26-21-37(22-26)30-10-12-31(13-11-30)42(39,40)32-14-15-32/h2-4,7-8,10-13,26-27,29,32-33H,5-6,9,14-23H2,1H3/t27-,33+,34?/m0/s1. The number of hydrogen-bond donors (Lipinski definition) is 0. The minimum absolute atomic E-state index is 0.174. The topological polar surface area (TPSA) is 90.7 Å². The van der Waals surface area contributed by atoms with Crippen molar-refractivity contribution in [3.05, 3.63) is 60.2 Å². The second-order valence-corrected chi connectivity index (χ2v) is 15.3. The fourth-order valence-electron chi connectivity index (χ4n) is 8.02. The lowest BCUT2D eigenvalue weighted by Crippen LogP contribution is -2.54. The molecule has 0 N–H and O–H groups in total. The number of carbonyl (C=O) groups is 1. The average Bonchev–Trinajstić information content (AvgIpc) is 3.75. The summed E-state index contributed by atoms with van der Waals surface area (Å²) in [5.41, 5.74) is 1.65. The molecule has 0 aromatic heterocycles. The molecule has 0 radical (unpaired) electrons. The number of nitrogens with zero attached hydrogens (tertiary/aromatic N) is 3. The fourth-order valence-corrected chi connectivity index (χ4v) is 9.67. The van der Waals surface area contributed by atoms with Crippen molar-refractivity contribution in [2.24, 2.45) is 23.7 Å². The number of esters is 1. The van der Waals surface area contributed by atoms with E-state index >= 15 is 0 Å². The van der Waals surface area contributed by atoms with Crippen LogP contribution in [0.15, 0.2) is 59.5 Å². The van der Waals surface area contributed by atoms with Crippen molar-refractivity contribution in [1.29, 1.82) is 5.26 Å². The Kier molecular flexibility index (Phi) is 8.35. The van der Waals surface area contributed by atoms with E-state index in [2.05, 4.69) is 40.1 Å². The molecule has 2 heterocycles. The van der Waals surface area contributed by atoms with Gasteiger partial charge < -0.3 is 14.5 Å². The second kappa shape index (κ2) is 12.0. The predicted octanol–water partition coefficient (Wildman–Crippen LogP) is 5.21. The normalized spacial score (nSPS) is 25.4. The number of benzene rings is 2. The summed E-state index contributed by atoms with van der Waals surface area (Å²) in [5.74, 6) is 1.02. The van der Waals surface area contributed by atoms with Crippen LogP contribution in [0.2, 0.25) is 0 Å². The van der Waals surface area contributed by atoms with Gasteiger partial charge in [0, 0.05) is 38.2 Å². The molecule has 2 aliphatic carbocycles. The van der Waals surface area contributed by atoms with E-state index in [1.165, 1.54) is 6.92 Å². The van der Waals surface area contributed by atoms with Crippen LogP contribution < -0.4 is 4.90 Å². The fraction of sp³-hybridized carbons (Fsp3) is 0.588. The van der Waals surface area contributed by atoms with E-state index in [1.807, 2.05) is 18.2 Å². The highest BCUT2D eigenvalue weighted by Gasteiger charge is 2.52. The van der Waals surface area contributed by atoms with Crippen molar-refractivity contribution >= 4 is 21.5 Å². The first-order valence-corrected chi connectivity index (χ1v) is 17.3. The summed E-state index contributed by atoms with van der Waals surface area (Å²) in [5, 5.41) is 10.7. The molecule has 2 saturated heterocycles. The zero-order chi connectivity index (χ0) is 29.3. The van der Waals surface area contributed by atoms with E-state index in [0.29, 0.717) is 17.4 Å². The number of rotatable bonds is 10. The molecule has 224 valence electrons. The molecule has 1 unspecified atom stereocenters. The van der Waals surface area contributed by atoms with Crippen molar-refractivity contribution in [3.63, 3.8) is 0 Å². The van der Waals surface area contributed by atoms with Crippen LogP contribution in [0.3, 0.4) is 0 Å². The Labute approximate surface area is 250 Å². The molecule has 8 heteroatoms. The molecule has 3 atom stereocenters. The van der Waals surface area contributed by atoms with Gasteiger partial charge in [-0.3, -0.25) is 4.79 Å². The van der Waals surface area contributed by atoms with Gasteiger partial charge in [-0.2, -0.15) is 5.26 Å². The SMILES string of the molecule is CC(=O)OC[C@@H]1CCC[C@H]1C(C#N)(c1ccccc1)C1CCN(CC2CN(c3ccc(S(=O)(=O)C4CC4)cc3)C2)CC1. The Morgan fingerprint density at radius 3 is 2.29 bits per heavy atom. The van der Waals surface area contributed by atoms with E-state index in [0.717, 1.165) is 88.9 Å². The molecular formula is C34H43N3O4S. The maximum atomic E-state index is 12.5. The summed E-state index contributed by atoms with van der Waals surface area (Å²) in [4.78, 5) is 17.0. The molecule has 2 aliphatic heterocycles. The number of piperidine rings is 1. The largest absolute Gasteiger partial charge is 0.466 e. The quantitative estimate of drug-likeness (QED) is 0.351. The highest BCUT2D eigenvalue weighted by atomic mass is 32.2. The third-order valence-corrected chi connectivity index (χ3v) is 12.7. The summed E-state index contributed by atoms with van der Waals surface area (Å²) in [6.07, 6.45) is 6.64. The number of hydrogen-bond acceptors (Lipinski definition) is 7. The molecule has 0 spiro atoms. The molecule has 4 fully saturated rings. The molecule has 2 aromatic carbocycles. The predicted molar refractivity (Wildman–Crippen MR) is 163 cm³/mol. The lowest BCUT2D eigenvalue weighted by atomic mass is 9.58. The number of nitriles is 1. The molecule has 2 saturated carbocycles. The average molecular weight is 590 g/mol. The van der Waals surface area contributed by atoms with Gasteiger partial charge in [-0.05, 0) is 99.2 Å². The van der Waals surface area contributed by atoms with Gasteiger partial charge in [0.05, 0.1) is 28.2 Å². The smallest absolute Gasteiger partial charge is 0.302 e. The Morgan fingerprint density at radius 2 is 1.67 bits per heavy atom. The summed E-state index contributed by atoms with van der Waals surface area (Å²) in [7, 11) is -3.14. The molecule has 2 aromatic rings. The van der Waals surface area contributed by atoms with Gasteiger partial charge >= 0.3 is 5.97 Å². The van der Waals surface area contributed by atoms with Crippen LogP contribution in [-0.2, 0) is 24.8 Å². The Bertz CT molecular complexity index is 1390. The maximum Gasteiger partial charge on any atom is 0.302 e. The first kappa shape index (κ1) is 29.2. The molecule has 6 rings (SSSR count). The molecule has 4 aliphatic rings. The van der Waals surface area contributed by atoms with Crippen LogP contribution in [0.1, 0.15) is 57.4 Å². The van der Waals surface area contributed by atoms with Crippen LogP contribution in [-0.4, -0.2) is 63.9 Å². The summed E-state index contributed by atoms with van der Waals surface area (Å²) < 4.78 is 30.5. The van der Waals surface area contributed by atoms with Gasteiger partial charge in [0.15, 0.2) is 9.84 Å². The Balaban J connectivity index is 1.07. The van der Waals surface area contributed by atoms with Gasteiger partial charge in [-0.15, -0.1) is 0 Å². The summed E-state index contributed by atoms with van der Waals surface area (Å²) >= 11 is 0. The van der Waals surface area contributed by atoms with Gasteiger partial charge in [-0.25, -0.2) is 8.42 Å². The van der Waals surface area contributed by atoms with Crippen molar-refractivity contribution < 1.29 is 17.9 Å². The van der Waals surface area contributed by atoms with Crippen molar-refractivity contribution in [1.82, 2.24) is 4.90 Å². The number of anilines is 1. The zero-order valence-electron chi connectivity index (χ0n) is 24.7. The minimum Gasteiger partial charge on any atom is -0.466 e. The van der Waals surface area contributed by atoms with Crippen LogP contribution in [0.4, 0.5) is 5.69 Å². The molecule has 7 nitrogen and oxygen atoms in total. The van der Waals surface area contributed by atoms with E-state index in [1.54, 1.807) is 12.1 Å². The summed E-state index contributed by atoms with van der Waals surface area (Å²) in [6, 6.07) is 20.7. The van der Waals surface area contributed by atoms with E-state index < -0.39 is 15.3 Å². The molecule has 0 amide bonds. The molecule has 42 heavy (non-hydrogen) atoms. The number of likely N-dealkylation sites (tertiary alicyclic amines) is 1. The third-order valence-electron chi connectivity index (χ3n) is 10.4. The second-order valence-electron chi connectivity index (χ2n) is 13.0. The lowest BCUT2D eigenvalue weighted by Gasteiger charge is -2.48. The lowest BCUT2D eigenvalue weighted by molar-refractivity contribution is -0.143. The Morgan fingerprint density at radius 1 is 0.976 bits per heavy atom. The van der Waals surface area contributed by atoms with E-state index in [9.17, 15) is 18.5 Å². The highest BCUT2D eigenvalue weighted by molar-refractivity contribution is 7.92. The number of ether oxygens (including phenoxy) is 1. The van der Waals surface area contributed by atoms with Crippen LogP contribution in [0, 0.1) is 35.0 Å². The highest BCUT2D eigenvalue weighted by Crippen LogP contribution is 2.52. The third kappa shape index (κ3) is 5.70. The number of carbonyl (C=O) groups excluding carboxylic acids is 1. The minimum atomic E-state index is -3.14. The van der Waals surface area contributed by atoms with Crippen molar-refractivity contribution in [2.75, 3.05) is 44.2 Å². The van der Waals surface area contributed by atoms with Gasteiger partial charge in [0.25, 0.3) is 0 Å². The van der Waals surface area contributed by atoms with Gasteiger partial charge in [0.2, 0.25) is 0 Å². The van der Waals surface area contributed by atoms with E-state index in [4.69, 9.17) is 4.74 Å². The van der Waals surface area contributed by atoms with Crippen molar-refractivity contribution in [3.8, 4) is 6.07 Å². The maximum absolute atomic E-state index is 12.5. The molecule has 0 bridgehead atoms. The zero-order valence-corrected chi connectivity index (χ0v) is 25.5. The van der Waals surface area contributed by atoms with Crippen LogP contribution >= 0.6 is 0 Å². The summed E-state index contributed by atoms with van der Waals surface area (Å²) in [6.45, 7) is 6.89. The first-order chi connectivity index (χ1) is 20.3.